The van der Waals surface area contributed by atoms with E-state index in [2.05, 4.69) is 38.2 Å². The van der Waals surface area contributed by atoms with E-state index in [1.165, 1.54) is 37.0 Å². The molecule has 0 aliphatic heterocycles. The van der Waals surface area contributed by atoms with Gasteiger partial charge in [-0.2, -0.15) is 5.26 Å². The Morgan fingerprint density at radius 3 is 2.55 bits per heavy atom. The van der Waals surface area contributed by atoms with Crippen molar-refractivity contribution in [3.05, 3.63) is 21.9 Å². The molecule has 1 aliphatic carbocycles. The minimum Gasteiger partial charge on any atom is -0.309 e. The predicted octanol–water partition coefficient (Wildman–Crippen LogP) is 4.70. The molecular weight excluding hydrogens is 264 g/mol. The van der Waals surface area contributed by atoms with Crippen LogP contribution in [0.1, 0.15) is 62.6 Å². The van der Waals surface area contributed by atoms with Crippen LogP contribution >= 0.6 is 11.3 Å². The second-order valence-electron chi connectivity index (χ2n) is 6.65. The van der Waals surface area contributed by atoms with Crippen molar-refractivity contribution in [3.8, 4) is 6.07 Å². The number of nitriles is 1. The zero-order chi connectivity index (χ0) is 14.6. The Hall–Kier alpha value is -0.850. The summed E-state index contributed by atoms with van der Waals surface area (Å²) in [5.41, 5.74) is 0.500. The summed E-state index contributed by atoms with van der Waals surface area (Å²) in [4.78, 5) is 2.09. The van der Waals surface area contributed by atoms with E-state index in [1.54, 1.807) is 11.3 Å². The van der Waals surface area contributed by atoms with Gasteiger partial charge in [0, 0.05) is 17.5 Å². The molecule has 1 fully saturated rings. The Balaban J connectivity index is 1.76. The third-order valence-corrected chi connectivity index (χ3v) is 6.07. The first-order valence-electron chi connectivity index (χ1n) is 7.77. The molecule has 1 aromatic heterocycles. The first-order chi connectivity index (χ1) is 9.55. The first kappa shape index (κ1) is 15.5. The van der Waals surface area contributed by atoms with Crippen molar-refractivity contribution in [2.75, 3.05) is 0 Å². The number of rotatable bonds is 5. The maximum absolute atomic E-state index is 8.84. The molecule has 0 atom stereocenters. The van der Waals surface area contributed by atoms with Gasteiger partial charge in [-0.1, -0.05) is 27.2 Å². The van der Waals surface area contributed by atoms with Gasteiger partial charge in [-0.15, -0.1) is 11.3 Å². The summed E-state index contributed by atoms with van der Waals surface area (Å²) in [6.45, 7) is 8.06. The standard InChI is InChI=1S/C17H26N2S/c1-4-17(2,3)13-5-7-14(8-6-13)19-12-16-10-9-15(11-18)20-16/h9-10,13-14,19H,4-8,12H2,1-3H3. The van der Waals surface area contributed by atoms with Crippen LogP contribution < -0.4 is 5.32 Å². The van der Waals surface area contributed by atoms with Crippen LogP contribution in [0.4, 0.5) is 0 Å². The molecule has 110 valence electrons. The summed E-state index contributed by atoms with van der Waals surface area (Å²) in [5, 5.41) is 12.5. The zero-order valence-corrected chi connectivity index (χ0v) is 13.7. The molecule has 1 aromatic rings. The van der Waals surface area contributed by atoms with E-state index in [4.69, 9.17) is 5.26 Å². The molecule has 1 saturated carbocycles. The van der Waals surface area contributed by atoms with Crippen molar-refractivity contribution in [1.29, 1.82) is 5.26 Å². The molecule has 3 heteroatoms. The van der Waals surface area contributed by atoms with Crippen molar-refractivity contribution in [3.63, 3.8) is 0 Å². The van der Waals surface area contributed by atoms with Gasteiger partial charge in [-0.3, -0.25) is 0 Å². The average molecular weight is 290 g/mol. The summed E-state index contributed by atoms with van der Waals surface area (Å²) in [5.74, 6) is 0.887. The minimum absolute atomic E-state index is 0.500. The number of hydrogen-bond acceptors (Lipinski definition) is 3. The van der Waals surface area contributed by atoms with E-state index >= 15 is 0 Å². The highest BCUT2D eigenvalue weighted by atomic mass is 32.1. The van der Waals surface area contributed by atoms with Crippen LogP contribution in [-0.4, -0.2) is 6.04 Å². The quantitative estimate of drug-likeness (QED) is 0.853. The van der Waals surface area contributed by atoms with Crippen LogP contribution in [0.2, 0.25) is 0 Å². The molecule has 1 heterocycles. The largest absolute Gasteiger partial charge is 0.309 e. The van der Waals surface area contributed by atoms with E-state index in [9.17, 15) is 0 Å². The zero-order valence-electron chi connectivity index (χ0n) is 12.9. The van der Waals surface area contributed by atoms with Crippen molar-refractivity contribution in [2.24, 2.45) is 11.3 Å². The maximum atomic E-state index is 8.84. The Morgan fingerprint density at radius 2 is 2.00 bits per heavy atom. The summed E-state index contributed by atoms with van der Waals surface area (Å²) < 4.78 is 0. The Bertz CT molecular complexity index is 462. The van der Waals surface area contributed by atoms with Crippen LogP contribution in [0.3, 0.4) is 0 Å². The molecule has 0 spiro atoms. The van der Waals surface area contributed by atoms with Gasteiger partial charge in [-0.05, 0) is 49.1 Å². The fraction of sp³-hybridized carbons (Fsp3) is 0.706. The van der Waals surface area contributed by atoms with Crippen molar-refractivity contribution >= 4 is 11.3 Å². The fourth-order valence-corrected chi connectivity index (χ4v) is 3.90. The lowest BCUT2D eigenvalue weighted by Gasteiger charge is -2.39. The lowest BCUT2D eigenvalue weighted by atomic mass is 9.69. The maximum Gasteiger partial charge on any atom is 0.110 e. The molecule has 0 aromatic carbocycles. The second-order valence-corrected chi connectivity index (χ2v) is 7.82. The Kier molecular flexibility index (Phi) is 5.23. The summed E-state index contributed by atoms with van der Waals surface area (Å²) in [6.07, 6.45) is 6.58. The van der Waals surface area contributed by atoms with E-state index in [1.807, 2.05) is 6.07 Å². The normalized spacial score (nSPS) is 23.5. The summed E-state index contributed by atoms with van der Waals surface area (Å²) in [7, 11) is 0. The highest BCUT2D eigenvalue weighted by molar-refractivity contribution is 7.12. The smallest absolute Gasteiger partial charge is 0.110 e. The topological polar surface area (TPSA) is 35.8 Å². The Labute approximate surface area is 127 Å². The molecule has 0 unspecified atom stereocenters. The summed E-state index contributed by atoms with van der Waals surface area (Å²) >= 11 is 1.61. The van der Waals surface area contributed by atoms with E-state index in [-0.39, 0.29) is 0 Å². The average Bonchev–Trinajstić information content (AvgIpc) is 2.93. The predicted molar refractivity (Wildman–Crippen MR) is 85.7 cm³/mol. The van der Waals surface area contributed by atoms with Crippen LogP contribution in [-0.2, 0) is 6.54 Å². The third-order valence-electron chi connectivity index (χ3n) is 5.08. The molecule has 20 heavy (non-hydrogen) atoms. The van der Waals surface area contributed by atoms with Gasteiger partial charge in [0.15, 0.2) is 0 Å². The lowest BCUT2D eigenvalue weighted by molar-refractivity contribution is 0.137. The lowest BCUT2D eigenvalue weighted by Crippen LogP contribution is -2.36. The molecule has 0 bridgehead atoms. The van der Waals surface area contributed by atoms with Gasteiger partial charge < -0.3 is 5.32 Å². The third kappa shape index (κ3) is 3.84. The van der Waals surface area contributed by atoms with Gasteiger partial charge in [0.1, 0.15) is 10.9 Å². The van der Waals surface area contributed by atoms with Gasteiger partial charge in [0.2, 0.25) is 0 Å². The van der Waals surface area contributed by atoms with Gasteiger partial charge in [0.25, 0.3) is 0 Å². The fourth-order valence-electron chi connectivity index (χ4n) is 3.15. The molecular formula is C17H26N2S. The van der Waals surface area contributed by atoms with E-state index < -0.39 is 0 Å². The van der Waals surface area contributed by atoms with E-state index in [0.717, 1.165) is 17.3 Å². The van der Waals surface area contributed by atoms with Crippen molar-refractivity contribution in [1.82, 2.24) is 5.32 Å². The molecule has 1 N–H and O–H groups in total. The minimum atomic E-state index is 0.500. The number of thiophene rings is 1. The highest BCUT2D eigenvalue weighted by Gasteiger charge is 2.31. The summed E-state index contributed by atoms with van der Waals surface area (Å²) in [6, 6.07) is 6.85. The molecule has 0 amide bonds. The first-order valence-corrected chi connectivity index (χ1v) is 8.59. The number of nitrogens with zero attached hydrogens (tertiary/aromatic N) is 1. The SMILES string of the molecule is CCC(C)(C)C1CCC(NCc2ccc(C#N)s2)CC1. The number of hydrogen-bond donors (Lipinski definition) is 1. The molecule has 2 rings (SSSR count). The molecule has 1 aliphatic rings. The van der Waals surface area contributed by atoms with Crippen molar-refractivity contribution in [2.45, 2.75) is 65.5 Å². The van der Waals surface area contributed by atoms with E-state index in [0.29, 0.717) is 11.5 Å². The van der Waals surface area contributed by atoms with Gasteiger partial charge >= 0.3 is 0 Å². The molecule has 2 nitrogen and oxygen atoms in total. The molecule has 0 radical (unpaired) electrons. The highest BCUT2D eigenvalue weighted by Crippen LogP contribution is 2.40. The van der Waals surface area contributed by atoms with Crippen LogP contribution in [0, 0.1) is 22.7 Å². The molecule has 0 saturated heterocycles. The Morgan fingerprint density at radius 1 is 1.30 bits per heavy atom. The van der Waals surface area contributed by atoms with Crippen LogP contribution in [0.5, 0.6) is 0 Å². The van der Waals surface area contributed by atoms with Gasteiger partial charge in [-0.25, -0.2) is 0 Å². The van der Waals surface area contributed by atoms with Crippen molar-refractivity contribution < 1.29 is 0 Å². The van der Waals surface area contributed by atoms with Crippen LogP contribution in [0.25, 0.3) is 0 Å². The van der Waals surface area contributed by atoms with Crippen LogP contribution in [0.15, 0.2) is 12.1 Å². The number of nitrogens with one attached hydrogen (secondary N) is 1. The van der Waals surface area contributed by atoms with Gasteiger partial charge in [0.05, 0.1) is 0 Å². The monoisotopic (exact) mass is 290 g/mol. The second kappa shape index (κ2) is 6.74.